The summed E-state index contributed by atoms with van der Waals surface area (Å²) in [4.78, 5) is 1.18. The molecule has 0 aromatic rings. The number of unbranched alkanes of at least 4 members (excludes halogenated alkanes) is 14. The van der Waals surface area contributed by atoms with Gasteiger partial charge in [0.2, 0.25) is 0 Å². The van der Waals surface area contributed by atoms with Gasteiger partial charge in [-0.1, -0.05) is 95.3 Å². The lowest BCUT2D eigenvalue weighted by Crippen LogP contribution is -1.87. The third-order valence-electron chi connectivity index (χ3n) is 4.19. The van der Waals surface area contributed by atoms with Crippen molar-refractivity contribution in [1.82, 2.24) is 0 Å². The lowest BCUT2D eigenvalue weighted by Gasteiger charge is -2.03. The maximum Gasteiger partial charge on any atom is -0.0102 e. The van der Waals surface area contributed by atoms with Crippen LogP contribution in [0.4, 0.5) is 0 Å². The molecule has 0 N–H and O–H groups in total. The molecule has 0 saturated carbocycles. The monoisotopic (exact) mass is 310 g/mol. The predicted molar refractivity (Wildman–Crippen MR) is 102 cm³/mol. The van der Waals surface area contributed by atoms with Crippen molar-refractivity contribution in [3.8, 4) is 0 Å². The number of thiocarbonyl (C=S) groups is 1. The van der Waals surface area contributed by atoms with Gasteiger partial charge in [-0.2, -0.15) is 0 Å². The average Bonchev–Trinajstić information content (AvgIpc) is 2.46. The molecular weight excluding hydrogens is 272 g/mol. The molecule has 0 heterocycles. The van der Waals surface area contributed by atoms with Crippen LogP contribution in [0.15, 0.2) is 12.7 Å². The Labute approximate surface area is 139 Å². The van der Waals surface area contributed by atoms with Crippen LogP contribution in [-0.2, 0) is 0 Å². The van der Waals surface area contributed by atoms with Crippen molar-refractivity contribution in [3.05, 3.63) is 12.7 Å². The number of allylic oxidation sites excluding steroid dienone is 1. The molecule has 0 amide bonds. The van der Waals surface area contributed by atoms with Gasteiger partial charge in [0.25, 0.3) is 0 Å². The van der Waals surface area contributed by atoms with E-state index in [0.29, 0.717) is 0 Å². The lowest BCUT2D eigenvalue weighted by atomic mass is 10.0. The summed E-state index contributed by atoms with van der Waals surface area (Å²) in [6.07, 6.45) is 24.2. The molecule has 0 aliphatic rings. The van der Waals surface area contributed by atoms with Crippen molar-refractivity contribution in [3.63, 3.8) is 0 Å². The summed E-state index contributed by atoms with van der Waals surface area (Å²) in [7, 11) is 0. The predicted octanol–water partition coefficient (Wildman–Crippen LogP) is 7.80. The summed E-state index contributed by atoms with van der Waals surface area (Å²) in [5.41, 5.74) is 0. The molecule has 0 atom stereocenters. The summed E-state index contributed by atoms with van der Waals surface area (Å²) in [5.74, 6) is 0. The zero-order chi connectivity index (χ0) is 15.6. The van der Waals surface area contributed by atoms with E-state index in [1.807, 2.05) is 6.08 Å². The van der Waals surface area contributed by atoms with E-state index in [1.54, 1.807) is 0 Å². The largest absolute Gasteiger partial charge is 0.103 e. The molecule has 0 fully saturated rings. The Morgan fingerprint density at radius 2 is 1.00 bits per heavy atom. The first kappa shape index (κ1) is 20.8. The zero-order valence-corrected chi connectivity index (χ0v) is 15.3. The van der Waals surface area contributed by atoms with Crippen molar-refractivity contribution in [2.45, 2.75) is 110 Å². The van der Waals surface area contributed by atoms with Crippen LogP contribution in [0.3, 0.4) is 0 Å². The molecule has 0 aliphatic heterocycles. The Morgan fingerprint density at radius 1 is 0.667 bits per heavy atom. The van der Waals surface area contributed by atoms with Gasteiger partial charge in [0.05, 0.1) is 0 Å². The molecule has 0 unspecified atom stereocenters. The zero-order valence-electron chi connectivity index (χ0n) is 14.5. The van der Waals surface area contributed by atoms with Gasteiger partial charge in [0.15, 0.2) is 0 Å². The van der Waals surface area contributed by atoms with E-state index in [1.165, 1.54) is 101 Å². The summed E-state index contributed by atoms with van der Waals surface area (Å²) in [6.45, 7) is 5.83. The van der Waals surface area contributed by atoms with Crippen LogP contribution in [0.1, 0.15) is 110 Å². The maximum absolute atomic E-state index is 5.10. The molecule has 0 aliphatic carbocycles. The fraction of sp³-hybridized carbons (Fsp3) is 0.850. The minimum Gasteiger partial charge on any atom is -0.103 e. The first-order valence-electron chi connectivity index (χ1n) is 9.37. The first-order chi connectivity index (χ1) is 10.3. The molecule has 0 saturated heterocycles. The highest BCUT2D eigenvalue weighted by molar-refractivity contribution is 7.80. The second-order valence-electron chi connectivity index (χ2n) is 6.48. The third kappa shape index (κ3) is 19.8. The van der Waals surface area contributed by atoms with Crippen LogP contribution in [0.2, 0.25) is 0 Å². The van der Waals surface area contributed by atoms with Gasteiger partial charge in [0, 0.05) is 0 Å². The second-order valence-corrected chi connectivity index (χ2v) is 7.18. The van der Waals surface area contributed by atoms with Crippen molar-refractivity contribution < 1.29 is 0 Å². The average molecular weight is 311 g/mol. The highest BCUT2D eigenvalue weighted by Gasteiger charge is 1.94. The van der Waals surface area contributed by atoms with Crippen molar-refractivity contribution in [2.75, 3.05) is 0 Å². The van der Waals surface area contributed by atoms with Gasteiger partial charge in [-0.3, -0.25) is 0 Å². The minimum absolute atomic E-state index is 1.16. The van der Waals surface area contributed by atoms with Crippen LogP contribution in [0.25, 0.3) is 0 Å². The molecule has 0 rings (SSSR count). The molecular formula is C20H38S. The van der Waals surface area contributed by atoms with Gasteiger partial charge in [-0.05, 0) is 37.5 Å². The van der Waals surface area contributed by atoms with E-state index in [9.17, 15) is 0 Å². The van der Waals surface area contributed by atoms with Gasteiger partial charge in [-0.25, -0.2) is 0 Å². The maximum atomic E-state index is 5.10. The summed E-state index contributed by atoms with van der Waals surface area (Å²) < 4.78 is 0. The molecule has 21 heavy (non-hydrogen) atoms. The fourth-order valence-corrected chi connectivity index (χ4v) is 2.93. The minimum atomic E-state index is 1.16. The van der Waals surface area contributed by atoms with Crippen LogP contribution in [-0.4, -0.2) is 4.86 Å². The van der Waals surface area contributed by atoms with E-state index >= 15 is 0 Å². The Kier molecular flexibility index (Phi) is 17.7. The van der Waals surface area contributed by atoms with Crippen molar-refractivity contribution in [2.24, 2.45) is 0 Å². The Morgan fingerprint density at radius 3 is 1.33 bits per heavy atom. The van der Waals surface area contributed by atoms with Crippen molar-refractivity contribution in [1.29, 1.82) is 0 Å². The Balaban J connectivity index is 2.96. The molecule has 0 bridgehead atoms. The molecule has 124 valence electrons. The molecule has 0 radical (unpaired) electrons. The van der Waals surface area contributed by atoms with Crippen LogP contribution >= 0.6 is 12.2 Å². The summed E-state index contributed by atoms with van der Waals surface area (Å²) in [5, 5.41) is 0. The normalized spacial score (nSPS) is 10.7. The van der Waals surface area contributed by atoms with E-state index in [4.69, 9.17) is 12.2 Å². The van der Waals surface area contributed by atoms with E-state index < -0.39 is 0 Å². The lowest BCUT2D eigenvalue weighted by molar-refractivity contribution is 0.535. The van der Waals surface area contributed by atoms with Crippen LogP contribution in [0.5, 0.6) is 0 Å². The molecule has 0 spiro atoms. The van der Waals surface area contributed by atoms with Gasteiger partial charge in [-0.15, -0.1) is 6.58 Å². The number of hydrogen-bond acceptors (Lipinski definition) is 1. The van der Waals surface area contributed by atoms with E-state index in [0.717, 1.165) is 6.42 Å². The van der Waals surface area contributed by atoms with E-state index in [-0.39, 0.29) is 0 Å². The molecule has 0 aromatic heterocycles. The fourth-order valence-electron chi connectivity index (χ4n) is 2.78. The second kappa shape index (κ2) is 17.9. The number of hydrogen-bond donors (Lipinski definition) is 0. The van der Waals surface area contributed by atoms with E-state index in [2.05, 4.69) is 13.5 Å². The first-order valence-corrected chi connectivity index (χ1v) is 9.78. The van der Waals surface area contributed by atoms with Crippen LogP contribution in [0, 0.1) is 0 Å². The van der Waals surface area contributed by atoms with Crippen molar-refractivity contribution >= 4 is 17.1 Å². The Hall–Kier alpha value is -0.170. The SMILES string of the molecule is C=CCCCCCCCCCCCCCCCCC(C)=S. The summed E-state index contributed by atoms with van der Waals surface area (Å²) in [6, 6.07) is 0. The number of rotatable bonds is 17. The highest BCUT2D eigenvalue weighted by Crippen LogP contribution is 2.13. The molecule has 0 aromatic carbocycles. The highest BCUT2D eigenvalue weighted by atomic mass is 32.1. The summed E-state index contributed by atoms with van der Waals surface area (Å²) >= 11 is 5.10. The standard InChI is InChI=1S/C20H38S/c1-3-4-5-6-7-8-9-10-11-12-13-14-15-16-17-18-19-20(2)21/h3H,1,4-19H2,2H3. The smallest absolute Gasteiger partial charge is 0.0102 e. The van der Waals surface area contributed by atoms with Gasteiger partial charge in [0.1, 0.15) is 0 Å². The molecule has 1 heteroatoms. The Bertz CT molecular complexity index is 232. The third-order valence-corrected chi connectivity index (χ3v) is 4.39. The molecule has 0 nitrogen and oxygen atoms in total. The quantitative estimate of drug-likeness (QED) is 0.150. The topological polar surface area (TPSA) is 0 Å². The van der Waals surface area contributed by atoms with Crippen LogP contribution < -0.4 is 0 Å². The van der Waals surface area contributed by atoms with Gasteiger partial charge >= 0.3 is 0 Å². The van der Waals surface area contributed by atoms with Gasteiger partial charge < -0.3 is 0 Å².